The summed E-state index contributed by atoms with van der Waals surface area (Å²) in [4.78, 5) is 27.7. The van der Waals surface area contributed by atoms with E-state index in [4.69, 9.17) is 4.74 Å². The van der Waals surface area contributed by atoms with Gasteiger partial charge in [0.25, 0.3) is 0 Å². The second-order valence-corrected chi connectivity index (χ2v) is 9.98. The van der Waals surface area contributed by atoms with Crippen molar-refractivity contribution in [3.63, 3.8) is 0 Å². The normalized spacial score (nSPS) is 24.9. The highest BCUT2D eigenvalue weighted by Gasteiger charge is 2.38. The molecule has 0 spiro atoms. The van der Waals surface area contributed by atoms with Gasteiger partial charge in [-0.15, -0.1) is 0 Å². The molecule has 2 unspecified atom stereocenters. The molecule has 1 aliphatic heterocycles. The van der Waals surface area contributed by atoms with Crippen molar-refractivity contribution in [1.29, 1.82) is 0 Å². The Kier molecular flexibility index (Phi) is 5.86. The van der Waals surface area contributed by atoms with E-state index >= 15 is 0 Å². The molecular formula is C26H33NO3. The zero-order valence-corrected chi connectivity index (χ0v) is 18.3. The van der Waals surface area contributed by atoms with E-state index in [1.807, 2.05) is 43.9 Å². The van der Waals surface area contributed by atoms with Gasteiger partial charge in [-0.25, -0.2) is 0 Å². The largest absolute Gasteiger partial charge is 0.459 e. The molecule has 3 aliphatic rings. The van der Waals surface area contributed by atoms with Crippen molar-refractivity contribution in [2.45, 2.75) is 64.5 Å². The molecule has 160 valence electrons. The van der Waals surface area contributed by atoms with E-state index in [0.717, 1.165) is 30.5 Å². The molecule has 1 saturated heterocycles. The van der Waals surface area contributed by atoms with Gasteiger partial charge in [-0.1, -0.05) is 61.4 Å². The van der Waals surface area contributed by atoms with Gasteiger partial charge < -0.3 is 9.64 Å². The summed E-state index contributed by atoms with van der Waals surface area (Å²) in [5.74, 6) is 0.538. The first-order valence-corrected chi connectivity index (χ1v) is 11.3. The quantitative estimate of drug-likeness (QED) is 0.645. The zero-order valence-electron chi connectivity index (χ0n) is 18.3. The number of nitrogens with zero attached hydrogens (tertiary/aromatic N) is 1. The monoisotopic (exact) mass is 407 g/mol. The Morgan fingerprint density at radius 2 is 1.77 bits per heavy atom. The average molecular weight is 408 g/mol. The van der Waals surface area contributed by atoms with Crippen molar-refractivity contribution in [3.8, 4) is 0 Å². The van der Waals surface area contributed by atoms with Crippen molar-refractivity contribution < 1.29 is 14.3 Å². The molecule has 4 nitrogen and oxygen atoms in total. The number of likely N-dealkylation sites (tertiary alicyclic amines) is 1. The van der Waals surface area contributed by atoms with Gasteiger partial charge in [0.2, 0.25) is 5.91 Å². The highest BCUT2D eigenvalue weighted by Crippen LogP contribution is 2.39. The van der Waals surface area contributed by atoms with Crippen LogP contribution in [-0.2, 0) is 20.9 Å². The Labute approximate surface area is 180 Å². The fraction of sp³-hybridized carbons (Fsp3) is 0.538. The van der Waals surface area contributed by atoms with Crippen molar-refractivity contribution in [2.24, 2.45) is 17.8 Å². The van der Waals surface area contributed by atoms with E-state index in [9.17, 15) is 9.59 Å². The molecule has 0 radical (unpaired) electrons. The predicted molar refractivity (Wildman–Crippen MR) is 118 cm³/mol. The van der Waals surface area contributed by atoms with Crippen LogP contribution >= 0.6 is 0 Å². The number of hydrogen-bond donors (Lipinski definition) is 0. The number of amides is 1. The molecule has 2 aliphatic carbocycles. The van der Waals surface area contributed by atoms with Crippen LogP contribution in [0, 0.1) is 17.8 Å². The SMILES string of the molecule is CC(C)(C)OC(=O)[C@H](c1ccc(CN2CC3C=CC=CC3C2=O)cc1)C1CCCC1. The predicted octanol–water partition coefficient (Wildman–Crippen LogP) is 5.00. The number of ether oxygens (including phenoxy) is 1. The van der Waals surface area contributed by atoms with Crippen LogP contribution in [0.25, 0.3) is 0 Å². The van der Waals surface area contributed by atoms with E-state index in [1.54, 1.807) is 0 Å². The third-order valence-electron chi connectivity index (χ3n) is 6.52. The smallest absolute Gasteiger partial charge is 0.314 e. The Hall–Kier alpha value is -2.36. The van der Waals surface area contributed by atoms with E-state index in [-0.39, 0.29) is 23.7 Å². The number of allylic oxidation sites excluding steroid dienone is 2. The fourth-order valence-corrected chi connectivity index (χ4v) is 5.10. The first-order chi connectivity index (χ1) is 14.3. The van der Waals surface area contributed by atoms with Crippen LogP contribution < -0.4 is 0 Å². The van der Waals surface area contributed by atoms with E-state index < -0.39 is 5.60 Å². The zero-order chi connectivity index (χ0) is 21.3. The summed E-state index contributed by atoms with van der Waals surface area (Å²) in [6.07, 6.45) is 12.7. The minimum Gasteiger partial charge on any atom is -0.459 e. The molecule has 0 bridgehead atoms. The number of fused-ring (bicyclic) bond motifs is 1. The third-order valence-corrected chi connectivity index (χ3v) is 6.52. The first kappa shape index (κ1) is 20.9. The molecule has 1 aromatic rings. The molecule has 0 aromatic heterocycles. The molecule has 1 amide bonds. The number of rotatable bonds is 5. The van der Waals surface area contributed by atoms with Gasteiger partial charge in [0.15, 0.2) is 0 Å². The minimum atomic E-state index is -0.482. The van der Waals surface area contributed by atoms with Gasteiger partial charge in [-0.2, -0.15) is 0 Å². The van der Waals surface area contributed by atoms with Gasteiger partial charge in [0.1, 0.15) is 5.60 Å². The van der Waals surface area contributed by atoms with Gasteiger partial charge >= 0.3 is 5.97 Å². The second-order valence-electron chi connectivity index (χ2n) is 9.98. The van der Waals surface area contributed by atoms with Gasteiger partial charge in [-0.05, 0) is 50.7 Å². The average Bonchev–Trinajstić information content (AvgIpc) is 3.31. The minimum absolute atomic E-state index is 0.00631. The fourth-order valence-electron chi connectivity index (χ4n) is 5.10. The molecule has 1 aromatic carbocycles. The Morgan fingerprint density at radius 3 is 2.40 bits per heavy atom. The summed E-state index contributed by atoms with van der Waals surface area (Å²) in [5, 5.41) is 0. The lowest BCUT2D eigenvalue weighted by molar-refractivity contribution is -0.158. The summed E-state index contributed by atoms with van der Waals surface area (Å²) in [6.45, 7) is 7.17. The maximum absolute atomic E-state index is 13.0. The van der Waals surface area contributed by atoms with Crippen LogP contribution in [-0.4, -0.2) is 28.9 Å². The molecule has 30 heavy (non-hydrogen) atoms. The molecule has 3 atom stereocenters. The van der Waals surface area contributed by atoms with Gasteiger partial charge in [-0.3, -0.25) is 9.59 Å². The lowest BCUT2D eigenvalue weighted by atomic mass is 9.84. The second kappa shape index (κ2) is 8.41. The number of esters is 1. The molecule has 1 heterocycles. The van der Waals surface area contributed by atoms with Crippen LogP contribution in [0.15, 0.2) is 48.6 Å². The Morgan fingerprint density at radius 1 is 1.10 bits per heavy atom. The van der Waals surface area contributed by atoms with E-state index in [1.165, 1.54) is 12.8 Å². The van der Waals surface area contributed by atoms with Crippen molar-refractivity contribution in [2.75, 3.05) is 6.54 Å². The van der Waals surface area contributed by atoms with Gasteiger partial charge in [0, 0.05) is 19.0 Å². The molecule has 2 fully saturated rings. The van der Waals surface area contributed by atoms with Crippen molar-refractivity contribution in [1.82, 2.24) is 4.90 Å². The van der Waals surface area contributed by atoms with Crippen LogP contribution in [0.3, 0.4) is 0 Å². The van der Waals surface area contributed by atoms with Crippen molar-refractivity contribution in [3.05, 3.63) is 59.7 Å². The molecule has 4 rings (SSSR count). The van der Waals surface area contributed by atoms with E-state index in [0.29, 0.717) is 18.4 Å². The summed E-state index contributed by atoms with van der Waals surface area (Å²) in [7, 11) is 0. The van der Waals surface area contributed by atoms with Gasteiger partial charge in [0.05, 0.1) is 11.8 Å². The summed E-state index contributed by atoms with van der Waals surface area (Å²) >= 11 is 0. The highest BCUT2D eigenvalue weighted by molar-refractivity contribution is 5.84. The van der Waals surface area contributed by atoms with Crippen LogP contribution in [0.1, 0.15) is 63.5 Å². The number of benzene rings is 1. The third kappa shape index (κ3) is 4.53. The Bertz CT molecular complexity index is 840. The molecule has 0 N–H and O–H groups in total. The number of carbonyl (C=O) groups excluding carboxylic acids is 2. The number of hydrogen-bond acceptors (Lipinski definition) is 3. The van der Waals surface area contributed by atoms with Crippen molar-refractivity contribution >= 4 is 11.9 Å². The molecular weight excluding hydrogens is 374 g/mol. The number of carbonyl (C=O) groups is 2. The maximum atomic E-state index is 13.0. The topological polar surface area (TPSA) is 46.6 Å². The first-order valence-electron chi connectivity index (χ1n) is 11.3. The highest BCUT2D eigenvalue weighted by atomic mass is 16.6. The lowest BCUT2D eigenvalue weighted by Crippen LogP contribution is -2.30. The standard InChI is InChI=1S/C26H33NO3/c1-26(2,3)30-25(29)23(19-8-4-5-9-19)20-14-12-18(13-15-20)16-27-17-21-10-6-7-11-22(21)24(27)28/h6-7,10-15,19,21-23H,4-5,8-9,16-17H2,1-3H3/t21?,22?,23-/m0/s1. The van der Waals surface area contributed by atoms with Crippen LogP contribution in [0.5, 0.6) is 0 Å². The summed E-state index contributed by atoms with van der Waals surface area (Å²) in [6, 6.07) is 8.27. The molecule has 4 heteroatoms. The summed E-state index contributed by atoms with van der Waals surface area (Å²) in [5.41, 5.74) is 1.66. The summed E-state index contributed by atoms with van der Waals surface area (Å²) < 4.78 is 5.77. The maximum Gasteiger partial charge on any atom is 0.314 e. The van der Waals surface area contributed by atoms with Crippen LogP contribution in [0.4, 0.5) is 0 Å². The van der Waals surface area contributed by atoms with Crippen LogP contribution in [0.2, 0.25) is 0 Å². The molecule has 1 saturated carbocycles. The van der Waals surface area contributed by atoms with E-state index in [2.05, 4.69) is 30.3 Å². The Balaban J connectivity index is 1.48. The lowest BCUT2D eigenvalue weighted by Gasteiger charge is -2.27.